The highest BCUT2D eigenvalue weighted by atomic mass is 16.5. The molecule has 1 atom stereocenters. The van der Waals surface area contributed by atoms with Gasteiger partial charge < -0.3 is 19.6 Å². The first-order valence-electron chi connectivity index (χ1n) is 8.13. The number of aromatic nitrogens is 2. The zero-order chi connectivity index (χ0) is 17.0. The largest absolute Gasteiger partial charge is 0.387 e. The molecule has 1 aliphatic rings. The number of ether oxygens (including phenoxy) is 1. The predicted molar refractivity (Wildman–Crippen MR) is 87.5 cm³/mol. The lowest BCUT2D eigenvalue weighted by Gasteiger charge is -2.26. The van der Waals surface area contributed by atoms with Gasteiger partial charge in [0, 0.05) is 19.7 Å². The fraction of sp³-hybridized carbons (Fsp3) is 0.750. The molecule has 0 unspecified atom stereocenters. The summed E-state index contributed by atoms with van der Waals surface area (Å²) in [6, 6.07) is 1.80. The highest BCUT2D eigenvalue weighted by Gasteiger charge is 2.39. The van der Waals surface area contributed by atoms with Crippen LogP contribution in [0.3, 0.4) is 0 Å². The molecule has 0 bridgehead atoms. The maximum Gasteiger partial charge on any atom is 0.272 e. The zero-order valence-corrected chi connectivity index (χ0v) is 14.6. The number of β-amino-alcohol motifs (C(OH)–C–C–N with tert-alkyl or cyclic N) is 1. The first-order valence-corrected chi connectivity index (χ1v) is 8.13. The maximum absolute atomic E-state index is 12.8. The van der Waals surface area contributed by atoms with Crippen LogP contribution in [0, 0.1) is 6.92 Å². The highest BCUT2D eigenvalue weighted by molar-refractivity contribution is 5.93. The van der Waals surface area contributed by atoms with Crippen molar-refractivity contribution in [2.24, 2.45) is 0 Å². The SMILES string of the molecule is CCOCCn1nc(C)cc1C(=O)N1CC[C@@](O)(CN(C)C)C1. The second-order valence-corrected chi connectivity index (χ2v) is 6.53. The standard InChI is InChI=1S/C16H28N4O3/c1-5-23-9-8-20-14(10-13(2)17-20)15(21)19-7-6-16(22,12-19)11-18(3)4/h10,22H,5-9,11-12H2,1-4H3/t16-/m1/s1. The fourth-order valence-electron chi connectivity index (χ4n) is 3.09. The van der Waals surface area contributed by atoms with Crippen molar-refractivity contribution in [2.45, 2.75) is 32.4 Å². The van der Waals surface area contributed by atoms with E-state index in [-0.39, 0.29) is 5.91 Å². The molecule has 7 heteroatoms. The summed E-state index contributed by atoms with van der Waals surface area (Å²) in [6.07, 6.45) is 0.600. The van der Waals surface area contributed by atoms with Gasteiger partial charge in [0.15, 0.2) is 0 Å². The van der Waals surface area contributed by atoms with Crippen molar-refractivity contribution in [1.29, 1.82) is 0 Å². The number of carbonyl (C=O) groups is 1. The van der Waals surface area contributed by atoms with E-state index in [1.54, 1.807) is 15.6 Å². The minimum atomic E-state index is -0.829. The molecule has 1 aliphatic heterocycles. The van der Waals surface area contributed by atoms with Gasteiger partial charge in [-0.25, -0.2) is 0 Å². The van der Waals surface area contributed by atoms with Gasteiger partial charge in [-0.1, -0.05) is 0 Å². The number of aliphatic hydroxyl groups is 1. The second-order valence-electron chi connectivity index (χ2n) is 6.53. The Morgan fingerprint density at radius 1 is 1.52 bits per heavy atom. The molecule has 130 valence electrons. The monoisotopic (exact) mass is 324 g/mol. The Labute approximate surface area is 137 Å². The van der Waals surface area contributed by atoms with Crippen LogP contribution in [-0.4, -0.2) is 83.1 Å². The number of amides is 1. The number of hydrogen-bond acceptors (Lipinski definition) is 5. The smallest absolute Gasteiger partial charge is 0.272 e. The van der Waals surface area contributed by atoms with Gasteiger partial charge in [0.1, 0.15) is 5.69 Å². The van der Waals surface area contributed by atoms with E-state index < -0.39 is 5.60 Å². The number of carbonyl (C=O) groups excluding carboxylic acids is 1. The molecule has 1 saturated heterocycles. The summed E-state index contributed by atoms with van der Waals surface area (Å²) in [4.78, 5) is 16.5. The quantitative estimate of drug-likeness (QED) is 0.734. The van der Waals surface area contributed by atoms with Crippen molar-refractivity contribution < 1.29 is 14.6 Å². The lowest BCUT2D eigenvalue weighted by Crippen LogP contribution is -2.43. The maximum atomic E-state index is 12.8. The van der Waals surface area contributed by atoms with Gasteiger partial charge >= 0.3 is 0 Å². The number of rotatable bonds is 7. The minimum Gasteiger partial charge on any atom is -0.387 e. The van der Waals surface area contributed by atoms with Gasteiger partial charge in [0.2, 0.25) is 0 Å². The fourth-order valence-corrected chi connectivity index (χ4v) is 3.09. The van der Waals surface area contributed by atoms with Crippen molar-refractivity contribution in [2.75, 3.05) is 46.9 Å². The van der Waals surface area contributed by atoms with Crippen LogP contribution in [0.25, 0.3) is 0 Å². The third kappa shape index (κ3) is 4.53. The van der Waals surface area contributed by atoms with Crippen molar-refractivity contribution >= 4 is 5.91 Å². The van der Waals surface area contributed by atoms with E-state index in [0.29, 0.717) is 51.5 Å². The van der Waals surface area contributed by atoms with Crippen molar-refractivity contribution in [3.63, 3.8) is 0 Å². The normalized spacial score (nSPS) is 21.4. The lowest BCUT2D eigenvalue weighted by atomic mass is 10.0. The molecule has 2 rings (SSSR count). The van der Waals surface area contributed by atoms with E-state index in [4.69, 9.17) is 4.74 Å². The Kier molecular flexibility index (Phi) is 5.78. The molecule has 23 heavy (non-hydrogen) atoms. The molecule has 1 amide bonds. The summed E-state index contributed by atoms with van der Waals surface area (Å²) in [7, 11) is 3.85. The molecule has 7 nitrogen and oxygen atoms in total. The first kappa shape index (κ1) is 17.9. The van der Waals surface area contributed by atoms with Gasteiger partial charge in [-0.2, -0.15) is 5.10 Å². The summed E-state index contributed by atoms with van der Waals surface area (Å²) in [5, 5.41) is 15.0. The molecule has 0 aromatic carbocycles. The van der Waals surface area contributed by atoms with Gasteiger partial charge in [-0.3, -0.25) is 9.48 Å². The number of aryl methyl sites for hydroxylation is 1. The minimum absolute atomic E-state index is 0.0724. The molecule has 0 spiro atoms. The first-order chi connectivity index (χ1) is 10.8. The van der Waals surface area contributed by atoms with Crippen LogP contribution in [0.5, 0.6) is 0 Å². The molecule has 2 heterocycles. The van der Waals surface area contributed by atoms with Crippen molar-refractivity contribution in [3.8, 4) is 0 Å². The number of likely N-dealkylation sites (N-methyl/N-ethyl adjacent to an activating group) is 1. The van der Waals surface area contributed by atoms with Gasteiger partial charge in [-0.05, 0) is 40.4 Å². The number of likely N-dealkylation sites (tertiary alicyclic amines) is 1. The van der Waals surface area contributed by atoms with Crippen molar-refractivity contribution in [3.05, 3.63) is 17.5 Å². The summed E-state index contributed by atoms with van der Waals surface area (Å²) in [5.41, 5.74) is 0.550. The highest BCUT2D eigenvalue weighted by Crippen LogP contribution is 2.23. The van der Waals surface area contributed by atoms with E-state index in [2.05, 4.69) is 5.10 Å². The Balaban J connectivity index is 2.06. The molecular weight excluding hydrogens is 296 g/mol. The molecule has 0 saturated carbocycles. The summed E-state index contributed by atoms with van der Waals surface area (Å²) in [6.45, 7) is 7.03. The third-order valence-corrected chi connectivity index (χ3v) is 4.00. The zero-order valence-electron chi connectivity index (χ0n) is 14.6. The Hall–Kier alpha value is -1.44. The molecule has 1 N–H and O–H groups in total. The average molecular weight is 324 g/mol. The Morgan fingerprint density at radius 2 is 2.26 bits per heavy atom. The van der Waals surface area contributed by atoms with Gasteiger partial charge in [0.05, 0.1) is 31.0 Å². The summed E-state index contributed by atoms with van der Waals surface area (Å²) >= 11 is 0. The molecule has 0 aliphatic carbocycles. The lowest BCUT2D eigenvalue weighted by molar-refractivity contribution is 0.0233. The van der Waals surface area contributed by atoms with Crippen LogP contribution in [0.1, 0.15) is 29.5 Å². The predicted octanol–water partition coefficient (Wildman–Crippen LogP) is 0.367. The van der Waals surface area contributed by atoms with E-state index in [1.807, 2.05) is 32.8 Å². The Morgan fingerprint density at radius 3 is 2.91 bits per heavy atom. The average Bonchev–Trinajstić information content (AvgIpc) is 3.01. The van der Waals surface area contributed by atoms with Gasteiger partial charge in [0.25, 0.3) is 5.91 Å². The third-order valence-electron chi connectivity index (χ3n) is 4.00. The molecule has 1 aromatic heterocycles. The molecule has 1 fully saturated rings. The summed E-state index contributed by atoms with van der Waals surface area (Å²) in [5.74, 6) is -0.0724. The Bertz CT molecular complexity index is 543. The molecular formula is C16H28N4O3. The van der Waals surface area contributed by atoms with Crippen LogP contribution >= 0.6 is 0 Å². The number of nitrogens with zero attached hydrogens (tertiary/aromatic N) is 4. The van der Waals surface area contributed by atoms with E-state index >= 15 is 0 Å². The van der Waals surface area contributed by atoms with Crippen LogP contribution < -0.4 is 0 Å². The van der Waals surface area contributed by atoms with Gasteiger partial charge in [-0.15, -0.1) is 0 Å². The van der Waals surface area contributed by atoms with E-state index in [0.717, 1.165) is 5.69 Å². The van der Waals surface area contributed by atoms with Crippen LogP contribution in [-0.2, 0) is 11.3 Å². The number of hydrogen-bond donors (Lipinski definition) is 1. The van der Waals surface area contributed by atoms with Crippen LogP contribution in [0.15, 0.2) is 6.07 Å². The second kappa shape index (κ2) is 7.42. The van der Waals surface area contributed by atoms with Crippen LogP contribution in [0.2, 0.25) is 0 Å². The van der Waals surface area contributed by atoms with Crippen molar-refractivity contribution in [1.82, 2.24) is 19.6 Å². The molecule has 0 radical (unpaired) electrons. The molecule has 1 aromatic rings. The van der Waals surface area contributed by atoms with E-state index in [9.17, 15) is 9.90 Å². The van der Waals surface area contributed by atoms with E-state index in [1.165, 1.54) is 0 Å². The van der Waals surface area contributed by atoms with Crippen LogP contribution in [0.4, 0.5) is 0 Å². The topological polar surface area (TPSA) is 70.8 Å². The summed E-state index contributed by atoms with van der Waals surface area (Å²) < 4.78 is 7.06.